The molecule has 1 aliphatic heterocycles. The number of aromatic nitrogens is 4. The van der Waals surface area contributed by atoms with E-state index in [0.29, 0.717) is 25.3 Å². The summed E-state index contributed by atoms with van der Waals surface area (Å²) < 4.78 is 28.3. The summed E-state index contributed by atoms with van der Waals surface area (Å²) in [6.45, 7) is 3.46. The fraction of sp³-hybridized carbons (Fsp3) is 0.462. The average Bonchev–Trinajstić information content (AvgIpc) is 3.18. The van der Waals surface area contributed by atoms with Gasteiger partial charge in [0.15, 0.2) is 0 Å². The Hall–Kier alpha value is -1.84. The summed E-state index contributed by atoms with van der Waals surface area (Å²) in [5, 5.41) is 10.9. The molecule has 3 rings (SSSR count). The molecule has 9 heteroatoms. The van der Waals surface area contributed by atoms with Crippen LogP contribution in [0, 0.1) is 5.41 Å². The van der Waals surface area contributed by atoms with Gasteiger partial charge in [-0.3, -0.25) is 0 Å². The predicted octanol–water partition coefficient (Wildman–Crippen LogP) is 0.0217. The number of sulfonamides is 1. The highest BCUT2D eigenvalue weighted by Gasteiger charge is 2.38. The van der Waals surface area contributed by atoms with Crippen LogP contribution in [0.15, 0.2) is 35.5 Å². The molecule has 2 heterocycles. The molecule has 0 radical (unpaired) electrons. The Morgan fingerprint density at radius 2 is 2.05 bits per heavy atom. The molecule has 1 unspecified atom stereocenters. The second-order valence-electron chi connectivity index (χ2n) is 5.85. The van der Waals surface area contributed by atoms with Gasteiger partial charge in [-0.05, 0) is 53.1 Å². The summed E-state index contributed by atoms with van der Waals surface area (Å²) in [6.07, 6.45) is 2.24. The summed E-state index contributed by atoms with van der Waals surface area (Å²) in [6, 6.07) is 6.51. The smallest absolute Gasteiger partial charge is 0.243 e. The van der Waals surface area contributed by atoms with Gasteiger partial charge in [0.2, 0.25) is 10.0 Å². The van der Waals surface area contributed by atoms with Gasteiger partial charge in [0.1, 0.15) is 6.33 Å². The molecule has 0 bridgehead atoms. The molecule has 2 aromatic rings. The van der Waals surface area contributed by atoms with Crippen molar-refractivity contribution in [2.24, 2.45) is 11.1 Å². The lowest BCUT2D eigenvalue weighted by atomic mass is 9.90. The Balaban J connectivity index is 1.84. The van der Waals surface area contributed by atoms with Crippen molar-refractivity contribution in [1.29, 1.82) is 0 Å². The zero-order valence-corrected chi connectivity index (χ0v) is 13.1. The molecule has 0 amide bonds. The van der Waals surface area contributed by atoms with Crippen molar-refractivity contribution in [3.8, 4) is 5.69 Å². The van der Waals surface area contributed by atoms with Crippen LogP contribution in [-0.2, 0) is 10.0 Å². The Labute approximate surface area is 129 Å². The van der Waals surface area contributed by atoms with Gasteiger partial charge in [0.25, 0.3) is 0 Å². The van der Waals surface area contributed by atoms with E-state index < -0.39 is 10.0 Å². The van der Waals surface area contributed by atoms with E-state index in [2.05, 4.69) is 15.5 Å². The van der Waals surface area contributed by atoms with E-state index in [1.54, 1.807) is 24.3 Å². The number of hydrogen-bond donors (Lipinski definition) is 1. The van der Waals surface area contributed by atoms with E-state index in [0.717, 1.165) is 6.42 Å². The maximum absolute atomic E-state index is 12.7. The van der Waals surface area contributed by atoms with E-state index in [1.807, 2.05) is 6.92 Å². The van der Waals surface area contributed by atoms with Crippen LogP contribution < -0.4 is 5.73 Å². The quantitative estimate of drug-likeness (QED) is 0.850. The molecule has 0 saturated carbocycles. The molecule has 118 valence electrons. The molecule has 22 heavy (non-hydrogen) atoms. The lowest BCUT2D eigenvalue weighted by Gasteiger charge is -2.22. The van der Waals surface area contributed by atoms with Gasteiger partial charge in [-0.25, -0.2) is 13.1 Å². The summed E-state index contributed by atoms with van der Waals surface area (Å²) in [5.41, 5.74) is 6.31. The largest absolute Gasteiger partial charge is 0.330 e. The molecular weight excluding hydrogens is 304 g/mol. The van der Waals surface area contributed by atoms with Gasteiger partial charge in [0, 0.05) is 13.1 Å². The first-order valence-electron chi connectivity index (χ1n) is 6.98. The van der Waals surface area contributed by atoms with Crippen molar-refractivity contribution in [1.82, 2.24) is 24.5 Å². The minimum absolute atomic E-state index is 0.139. The standard InChI is InChI=1S/C13H18N6O2S/c1-13(8-14)6-7-18(9-13)22(20,21)12-4-2-11(3-5-12)19-10-15-16-17-19/h2-5,10H,6-9,14H2,1H3. The van der Waals surface area contributed by atoms with E-state index in [1.165, 1.54) is 15.3 Å². The van der Waals surface area contributed by atoms with Crippen LogP contribution in [0.2, 0.25) is 0 Å². The third kappa shape index (κ3) is 2.62. The first kappa shape index (κ1) is 15.1. The third-order valence-corrected chi connectivity index (χ3v) is 5.96. The maximum Gasteiger partial charge on any atom is 0.243 e. The highest BCUT2D eigenvalue weighted by atomic mass is 32.2. The lowest BCUT2D eigenvalue weighted by molar-refractivity contribution is 0.349. The molecule has 1 aliphatic rings. The van der Waals surface area contributed by atoms with Gasteiger partial charge >= 0.3 is 0 Å². The number of rotatable bonds is 4. The molecule has 0 aliphatic carbocycles. The summed E-state index contributed by atoms with van der Waals surface area (Å²) in [4.78, 5) is 0.269. The molecule has 0 spiro atoms. The minimum atomic E-state index is -3.49. The summed E-state index contributed by atoms with van der Waals surface area (Å²) in [5.74, 6) is 0. The van der Waals surface area contributed by atoms with Gasteiger partial charge in [-0.15, -0.1) is 5.10 Å². The average molecular weight is 322 g/mol. The maximum atomic E-state index is 12.7. The fourth-order valence-corrected chi connectivity index (χ4v) is 4.14. The van der Waals surface area contributed by atoms with Crippen LogP contribution in [0.4, 0.5) is 0 Å². The van der Waals surface area contributed by atoms with Gasteiger partial charge in [-0.1, -0.05) is 6.92 Å². The van der Waals surface area contributed by atoms with Crippen LogP contribution in [0.1, 0.15) is 13.3 Å². The van der Waals surface area contributed by atoms with Crippen molar-refractivity contribution in [3.05, 3.63) is 30.6 Å². The Kier molecular flexibility index (Phi) is 3.71. The van der Waals surface area contributed by atoms with E-state index in [-0.39, 0.29) is 10.3 Å². The van der Waals surface area contributed by atoms with Crippen molar-refractivity contribution < 1.29 is 8.42 Å². The van der Waals surface area contributed by atoms with Crippen LogP contribution in [0.5, 0.6) is 0 Å². The van der Waals surface area contributed by atoms with Crippen LogP contribution in [-0.4, -0.2) is 52.6 Å². The van der Waals surface area contributed by atoms with E-state index in [4.69, 9.17) is 5.73 Å². The van der Waals surface area contributed by atoms with Crippen LogP contribution in [0.3, 0.4) is 0 Å². The van der Waals surface area contributed by atoms with Crippen LogP contribution in [0.25, 0.3) is 5.69 Å². The van der Waals surface area contributed by atoms with Crippen molar-refractivity contribution in [2.45, 2.75) is 18.2 Å². The molecule has 8 nitrogen and oxygen atoms in total. The normalized spacial score (nSPS) is 23.0. The molecular formula is C13H18N6O2S. The van der Waals surface area contributed by atoms with E-state index >= 15 is 0 Å². The molecule has 1 atom stereocenters. The second-order valence-corrected chi connectivity index (χ2v) is 7.79. The monoisotopic (exact) mass is 322 g/mol. The molecule has 1 aromatic carbocycles. The Morgan fingerprint density at radius 3 is 2.59 bits per heavy atom. The lowest BCUT2D eigenvalue weighted by Crippen LogP contribution is -2.34. The zero-order valence-electron chi connectivity index (χ0n) is 12.3. The predicted molar refractivity (Wildman–Crippen MR) is 79.7 cm³/mol. The van der Waals surface area contributed by atoms with E-state index in [9.17, 15) is 8.42 Å². The van der Waals surface area contributed by atoms with Gasteiger partial charge in [-0.2, -0.15) is 4.31 Å². The molecule has 1 fully saturated rings. The molecule has 1 saturated heterocycles. The highest BCUT2D eigenvalue weighted by molar-refractivity contribution is 7.89. The summed E-state index contributed by atoms with van der Waals surface area (Å²) >= 11 is 0. The number of nitrogens with zero attached hydrogens (tertiary/aromatic N) is 5. The van der Waals surface area contributed by atoms with Crippen molar-refractivity contribution >= 4 is 10.0 Å². The third-order valence-electron chi connectivity index (χ3n) is 4.10. The zero-order chi connectivity index (χ0) is 15.8. The number of hydrogen-bond acceptors (Lipinski definition) is 6. The summed E-state index contributed by atoms with van der Waals surface area (Å²) in [7, 11) is -3.49. The number of benzene rings is 1. The fourth-order valence-electron chi connectivity index (χ4n) is 2.55. The van der Waals surface area contributed by atoms with Gasteiger partial charge < -0.3 is 5.73 Å². The highest BCUT2D eigenvalue weighted by Crippen LogP contribution is 2.32. The molecule has 2 N–H and O–H groups in total. The topological polar surface area (TPSA) is 107 Å². The van der Waals surface area contributed by atoms with Crippen molar-refractivity contribution in [2.75, 3.05) is 19.6 Å². The second kappa shape index (κ2) is 5.41. The number of nitrogens with two attached hydrogens (primary N) is 1. The Morgan fingerprint density at radius 1 is 1.32 bits per heavy atom. The Bertz CT molecular complexity index is 743. The minimum Gasteiger partial charge on any atom is -0.330 e. The van der Waals surface area contributed by atoms with Crippen molar-refractivity contribution in [3.63, 3.8) is 0 Å². The molecule has 1 aromatic heterocycles. The first-order chi connectivity index (χ1) is 10.4. The van der Waals surface area contributed by atoms with Crippen LogP contribution >= 0.6 is 0 Å². The van der Waals surface area contributed by atoms with Gasteiger partial charge in [0.05, 0.1) is 10.6 Å². The first-order valence-corrected chi connectivity index (χ1v) is 8.42. The SMILES string of the molecule is CC1(CN)CCN(S(=O)(=O)c2ccc(-n3cnnn3)cc2)C1. The number of tetrazole rings is 1.